The smallest absolute Gasteiger partial charge is 0.338 e. The topological polar surface area (TPSA) is 210 Å². The van der Waals surface area contributed by atoms with Crippen LogP contribution in [0, 0.1) is 0 Å². The molecule has 0 saturated carbocycles. The highest BCUT2D eigenvalue weighted by atomic mass is 16.6. The lowest BCUT2D eigenvalue weighted by Crippen LogP contribution is -2.29. The summed E-state index contributed by atoms with van der Waals surface area (Å²) in [5.41, 5.74) is -7.37. The number of fused-ring (bicyclic) bond motifs is 8. The zero-order chi connectivity index (χ0) is 67.5. The van der Waals surface area contributed by atoms with Gasteiger partial charge < -0.3 is 37.9 Å². The Morgan fingerprint density at radius 3 is 0.375 bits per heavy atom. The highest BCUT2D eigenvalue weighted by molar-refractivity contribution is 6.03. The van der Waals surface area contributed by atoms with Crippen molar-refractivity contribution in [2.24, 2.45) is 0 Å². The second kappa shape index (κ2) is 24.9. The van der Waals surface area contributed by atoms with Crippen LogP contribution in [0.3, 0.4) is 0 Å². The highest BCUT2D eigenvalue weighted by Crippen LogP contribution is 2.45. The molecule has 0 atom stereocenters. The molecule has 0 spiro atoms. The van der Waals surface area contributed by atoms with Crippen LogP contribution in [-0.2, 0) is 37.9 Å². The first-order valence-electron chi connectivity index (χ1n) is 30.1. The third-order valence-corrected chi connectivity index (χ3v) is 13.6. The van der Waals surface area contributed by atoms with Gasteiger partial charge in [-0.3, -0.25) is 0 Å². The molecule has 1 aliphatic rings. The van der Waals surface area contributed by atoms with Crippen LogP contribution in [0.4, 0.5) is 0 Å². The van der Waals surface area contributed by atoms with Gasteiger partial charge in [-0.15, -0.1) is 0 Å². The van der Waals surface area contributed by atoms with E-state index in [4.69, 9.17) is 37.9 Å². The number of rotatable bonds is 8. The monoisotopic (exact) mass is 1220 g/mol. The molecule has 1 aliphatic carbocycles. The summed E-state index contributed by atoms with van der Waals surface area (Å²) in [5.74, 6) is -10.8. The van der Waals surface area contributed by atoms with E-state index in [0.29, 0.717) is 0 Å². The van der Waals surface area contributed by atoms with Crippen molar-refractivity contribution in [2.75, 3.05) is 0 Å². The molecule has 0 amide bonds. The van der Waals surface area contributed by atoms with Crippen molar-refractivity contribution in [3.05, 3.63) is 138 Å². The first-order chi connectivity index (χ1) is 39.6. The van der Waals surface area contributed by atoms with E-state index >= 15 is 38.4 Å². The van der Waals surface area contributed by atoms with Crippen molar-refractivity contribution in [3.63, 3.8) is 0 Å². The molecule has 0 aromatic heterocycles. The van der Waals surface area contributed by atoms with Gasteiger partial charge in [-0.1, -0.05) is 52.0 Å². The lowest BCUT2D eigenvalue weighted by atomic mass is 9.75. The third kappa shape index (κ3) is 18.4. The molecule has 0 heterocycles. The van der Waals surface area contributed by atoms with E-state index in [1.54, 1.807) is 218 Å². The highest BCUT2D eigenvalue weighted by Gasteiger charge is 2.40. The Morgan fingerprint density at radius 1 is 0.205 bits per heavy atom. The maximum atomic E-state index is 15.1. The van der Waals surface area contributed by atoms with Crippen molar-refractivity contribution >= 4 is 47.8 Å². The minimum Gasteiger partial charge on any atom is -0.456 e. The molecule has 0 fully saturated rings. The van der Waals surface area contributed by atoms with Crippen LogP contribution in [0.2, 0.25) is 0 Å². The van der Waals surface area contributed by atoms with Gasteiger partial charge in [-0.25, -0.2) is 38.4 Å². The fraction of sp³-hybridized carbons (Fsp3) is 0.556. The Labute approximate surface area is 521 Å². The van der Waals surface area contributed by atoms with Gasteiger partial charge in [0, 0.05) is 23.7 Å². The van der Waals surface area contributed by atoms with Crippen LogP contribution in [-0.4, -0.2) is 92.6 Å². The first kappa shape index (κ1) is 71.4. The lowest BCUT2D eigenvalue weighted by molar-refractivity contribution is 0.00443. The van der Waals surface area contributed by atoms with Crippen LogP contribution in [0.5, 0.6) is 0 Å². The van der Waals surface area contributed by atoms with Crippen molar-refractivity contribution in [3.8, 4) is 0 Å². The molecule has 16 nitrogen and oxygen atoms in total. The van der Waals surface area contributed by atoms with E-state index in [2.05, 4.69) is 0 Å². The van der Waals surface area contributed by atoms with E-state index in [1.165, 1.54) is 24.3 Å². The molecular weight excluding hydrogens is 1120 g/mol. The molecule has 5 rings (SSSR count). The third-order valence-electron chi connectivity index (χ3n) is 13.6. The molecule has 0 radical (unpaired) electrons. The average Bonchev–Trinajstić information content (AvgIpc) is 2.34. The van der Waals surface area contributed by atoms with Crippen molar-refractivity contribution in [2.45, 2.75) is 262 Å². The van der Waals surface area contributed by atoms with E-state index in [9.17, 15) is 0 Å². The zero-order valence-electron chi connectivity index (χ0n) is 57.5. The summed E-state index contributed by atoms with van der Waals surface area (Å²) in [6.07, 6.45) is 0. The summed E-state index contributed by atoms with van der Waals surface area (Å²) in [7, 11) is 0. The number of carbonyl (C=O) groups excluding carboxylic acids is 8. The maximum absolute atomic E-state index is 15.1. The predicted molar refractivity (Wildman–Crippen MR) is 337 cm³/mol. The molecule has 0 unspecified atom stereocenters. The largest absolute Gasteiger partial charge is 0.456 e. The van der Waals surface area contributed by atoms with Crippen molar-refractivity contribution in [1.29, 1.82) is 0 Å². The lowest BCUT2D eigenvalue weighted by Gasteiger charge is -2.31. The van der Waals surface area contributed by atoms with Gasteiger partial charge in [0.2, 0.25) is 0 Å². The van der Waals surface area contributed by atoms with Gasteiger partial charge in [0.1, 0.15) is 44.8 Å². The number of carbonyl (C=O) groups is 8. The van der Waals surface area contributed by atoms with Crippen molar-refractivity contribution < 1.29 is 76.3 Å². The number of hydrogen-bond donors (Lipinski definition) is 0. The number of benzene rings is 4. The molecule has 4 aromatic rings. The van der Waals surface area contributed by atoms with Crippen molar-refractivity contribution in [1.82, 2.24) is 0 Å². The molecule has 16 heteroatoms. The fourth-order valence-corrected chi connectivity index (χ4v) is 10.2. The van der Waals surface area contributed by atoms with Crippen LogP contribution in [0.15, 0.2) is 48.5 Å². The Morgan fingerprint density at radius 2 is 0.295 bits per heavy atom. The Bertz CT molecular complexity index is 2770. The molecule has 0 saturated heterocycles. The quantitative estimate of drug-likeness (QED) is 0.119. The molecule has 4 aromatic carbocycles. The minimum absolute atomic E-state index is 0.0853. The maximum Gasteiger partial charge on any atom is 0.338 e. The molecule has 0 aliphatic heterocycles. The van der Waals surface area contributed by atoms with Gasteiger partial charge in [0.15, 0.2) is 0 Å². The predicted octanol–water partition coefficient (Wildman–Crippen LogP) is 16.2. The zero-order valence-corrected chi connectivity index (χ0v) is 57.5. The minimum atomic E-state index is -1.07. The molecular formula is C72H96O16. The van der Waals surface area contributed by atoms with E-state index in [0.717, 1.165) is 0 Å². The normalized spacial score (nSPS) is 16.8. The van der Waals surface area contributed by atoms with Gasteiger partial charge >= 0.3 is 47.8 Å². The number of hydrogen-bond acceptors (Lipinski definition) is 16. The first-order valence-corrected chi connectivity index (χ1v) is 30.1. The summed E-state index contributed by atoms with van der Waals surface area (Å²) in [6, 6.07) is 12.2. The second-order valence-corrected chi connectivity index (χ2v) is 31.0. The van der Waals surface area contributed by atoms with Crippen LogP contribution < -0.4 is 0 Å². The second-order valence-electron chi connectivity index (χ2n) is 31.0. The molecule has 480 valence electrons. The van der Waals surface area contributed by atoms with Gasteiger partial charge in [0.25, 0.3) is 0 Å². The molecule has 0 N–H and O–H groups in total. The standard InChI is InChI=1S/C72H96O16/c1-37-41-29-43(51(59(75)83-67(11,12)13)33-49(41)57(73)81-65(5,6)7)38(2)45-31-47(55(63(79)87-71(23,24)25)35-53(45)61(77)85-69(17,18)19)40(4)48-32-46(54(62(78)86-70(20,21)22)36-56(48)64(80)88-72(26,27)28)39(3)44-30-42(37)50(58(74)82-66(8,9)10)34-52(44)60(76)84-68(14,15)16/h29-40H,1-28H3. The number of ether oxygens (including phenoxy) is 8. The van der Waals surface area contributed by atoms with Crippen LogP contribution >= 0.6 is 0 Å². The molecule has 88 heavy (non-hydrogen) atoms. The average molecular weight is 1220 g/mol. The van der Waals surface area contributed by atoms with Gasteiger partial charge in [-0.05, 0) is 235 Å². The van der Waals surface area contributed by atoms with E-state index in [1.807, 2.05) is 0 Å². The Balaban J connectivity index is 2.30. The van der Waals surface area contributed by atoms with E-state index in [-0.39, 0.29) is 89.0 Å². The Hall–Kier alpha value is -7.36. The number of esters is 8. The Kier molecular flexibility index (Phi) is 20.2. The SMILES string of the molecule is CC1c2cc(c(C(=O)OC(C)(C)C)cc2C(=O)OC(C)(C)C)C(C)c2cc(c(C(=O)OC(C)(C)C)cc2C(=O)OC(C)(C)C)C(C)c2cc(c(C(=O)OC(C)(C)C)cc2C(=O)OC(C)(C)C)C(C)c2cc1c(C(=O)OC(C)(C)C)cc2C(=O)OC(C)(C)C. The van der Waals surface area contributed by atoms with Crippen LogP contribution in [0.1, 0.15) is 345 Å². The van der Waals surface area contributed by atoms with Crippen LogP contribution in [0.25, 0.3) is 0 Å². The summed E-state index contributed by atoms with van der Waals surface area (Å²) in [5, 5.41) is 0. The van der Waals surface area contributed by atoms with Gasteiger partial charge in [-0.2, -0.15) is 0 Å². The summed E-state index contributed by atoms with van der Waals surface area (Å²) < 4.78 is 49.0. The molecule has 8 bridgehead atoms. The van der Waals surface area contributed by atoms with Gasteiger partial charge in [0.05, 0.1) is 44.5 Å². The summed E-state index contributed by atoms with van der Waals surface area (Å²) >= 11 is 0. The summed E-state index contributed by atoms with van der Waals surface area (Å²) in [4.78, 5) is 121. The summed E-state index contributed by atoms with van der Waals surface area (Å²) in [6.45, 7) is 47.7. The van der Waals surface area contributed by atoms with E-state index < -0.39 is 116 Å². The fourth-order valence-electron chi connectivity index (χ4n) is 10.2.